The Hall–Kier alpha value is -0.570. The molecular weight excluding hydrogens is 178 g/mol. The average molecular weight is 199 g/mol. The molecule has 1 N–H and O–H groups in total. The van der Waals surface area contributed by atoms with Crippen LogP contribution in [0.1, 0.15) is 33.6 Å². The zero-order valence-electron chi connectivity index (χ0n) is 9.54. The first kappa shape index (κ1) is 11.5. The first-order chi connectivity index (χ1) is 6.54. The van der Waals surface area contributed by atoms with Crippen LogP contribution < -0.4 is 5.32 Å². The maximum atomic E-state index is 11.1. The van der Waals surface area contributed by atoms with E-state index in [4.69, 9.17) is 0 Å². The highest BCUT2D eigenvalue weighted by Crippen LogP contribution is 2.33. The Balaban J connectivity index is 2.19. The Labute approximate surface area is 86.2 Å². The van der Waals surface area contributed by atoms with E-state index in [1.807, 2.05) is 6.92 Å². The summed E-state index contributed by atoms with van der Waals surface area (Å²) < 4.78 is 4.65. The van der Waals surface area contributed by atoms with E-state index < -0.39 is 0 Å². The van der Waals surface area contributed by atoms with Crippen molar-refractivity contribution in [1.82, 2.24) is 5.32 Å². The fraction of sp³-hybridized carbons (Fsp3) is 0.909. The molecule has 0 amide bonds. The SMILES string of the molecule is COC(=O)C(C)NC1CC(C(C)C)C1. The molecule has 0 radical (unpaired) electrons. The van der Waals surface area contributed by atoms with Crippen LogP contribution in [0.15, 0.2) is 0 Å². The minimum absolute atomic E-state index is 0.168. The average Bonchev–Trinajstić information content (AvgIpc) is 2.07. The minimum atomic E-state index is -0.169. The molecule has 1 unspecified atom stereocenters. The predicted molar refractivity (Wildman–Crippen MR) is 56.0 cm³/mol. The number of rotatable bonds is 4. The molecule has 0 heterocycles. The van der Waals surface area contributed by atoms with Gasteiger partial charge in [0, 0.05) is 6.04 Å². The van der Waals surface area contributed by atoms with Crippen molar-refractivity contribution in [3.05, 3.63) is 0 Å². The van der Waals surface area contributed by atoms with Gasteiger partial charge in [0.05, 0.1) is 7.11 Å². The van der Waals surface area contributed by atoms with Gasteiger partial charge < -0.3 is 10.1 Å². The summed E-state index contributed by atoms with van der Waals surface area (Å²) in [5, 5.41) is 3.28. The molecule has 3 nitrogen and oxygen atoms in total. The number of hydrogen-bond donors (Lipinski definition) is 1. The quantitative estimate of drug-likeness (QED) is 0.698. The summed E-state index contributed by atoms with van der Waals surface area (Å²) in [4.78, 5) is 11.1. The van der Waals surface area contributed by atoms with Crippen LogP contribution in [0.25, 0.3) is 0 Å². The molecule has 0 aromatic heterocycles. The summed E-state index contributed by atoms with van der Waals surface area (Å²) >= 11 is 0. The van der Waals surface area contributed by atoms with Crippen LogP contribution in [0.2, 0.25) is 0 Å². The molecule has 14 heavy (non-hydrogen) atoms. The second kappa shape index (κ2) is 4.78. The third-order valence-corrected chi connectivity index (χ3v) is 3.16. The number of esters is 1. The van der Waals surface area contributed by atoms with Gasteiger partial charge in [-0.05, 0) is 31.6 Å². The maximum Gasteiger partial charge on any atom is 0.322 e. The van der Waals surface area contributed by atoms with Gasteiger partial charge >= 0.3 is 5.97 Å². The van der Waals surface area contributed by atoms with Crippen LogP contribution in [0.5, 0.6) is 0 Å². The van der Waals surface area contributed by atoms with Gasteiger partial charge in [0.15, 0.2) is 0 Å². The summed E-state index contributed by atoms with van der Waals surface area (Å²) in [6.45, 7) is 6.36. The number of carbonyl (C=O) groups is 1. The minimum Gasteiger partial charge on any atom is -0.468 e. The van der Waals surface area contributed by atoms with Gasteiger partial charge in [-0.3, -0.25) is 4.79 Å². The standard InChI is InChI=1S/C11H21NO2/c1-7(2)9-5-10(6-9)12-8(3)11(13)14-4/h7-10,12H,5-6H2,1-4H3. The van der Waals surface area contributed by atoms with E-state index in [0.717, 1.165) is 11.8 Å². The van der Waals surface area contributed by atoms with Gasteiger partial charge in [0.1, 0.15) is 6.04 Å². The molecule has 3 heteroatoms. The van der Waals surface area contributed by atoms with E-state index in [-0.39, 0.29) is 12.0 Å². The Morgan fingerprint density at radius 2 is 1.93 bits per heavy atom. The van der Waals surface area contributed by atoms with Crippen LogP contribution in [-0.4, -0.2) is 25.2 Å². The van der Waals surface area contributed by atoms with Crippen molar-refractivity contribution in [2.45, 2.75) is 45.7 Å². The van der Waals surface area contributed by atoms with Gasteiger partial charge in [-0.2, -0.15) is 0 Å². The van der Waals surface area contributed by atoms with E-state index in [9.17, 15) is 4.79 Å². The van der Waals surface area contributed by atoms with Crippen molar-refractivity contribution in [2.75, 3.05) is 7.11 Å². The lowest BCUT2D eigenvalue weighted by molar-refractivity contribution is -0.143. The lowest BCUT2D eigenvalue weighted by Gasteiger charge is -2.39. The van der Waals surface area contributed by atoms with Crippen molar-refractivity contribution in [3.63, 3.8) is 0 Å². The first-order valence-electron chi connectivity index (χ1n) is 5.38. The van der Waals surface area contributed by atoms with Crippen LogP contribution in [0.4, 0.5) is 0 Å². The first-order valence-corrected chi connectivity index (χ1v) is 5.38. The molecule has 1 aliphatic rings. The van der Waals surface area contributed by atoms with Crippen LogP contribution >= 0.6 is 0 Å². The third kappa shape index (κ3) is 2.71. The summed E-state index contributed by atoms with van der Waals surface area (Å²) in [5.74, 6) is 1.43. The monoisotopic (exact) mass is 199 g/mol. The van der Waals surface area contributed by atoms with Crippen molar-refractivity contribution < 1.29 is 9.53 Å². The zero-order valence-corrected chi connectivity index (χ0v) is 9.54. The largest absolute Gasteiger partial charge is 0.468 e. The number of nitrogens with one attached hydrogen (secondary N) is 1. The predicted octanol–water partition coefficient (Wildman–Crippen LogP) is 1.57. The highest BCUT2D eigenvalue weighted by molar-refractivity contribution is 5.75. The number of carbonyl (C=O) groups excluding carboxylic acids is 1. The van der Waals surface area contributed by atoms with Crippen molar-refractivity contribution in [1.29, 1.82) is 0 Å². The molecular formula is C11H21NO2. The molecule has 0 bridgehead atoms. The van der Waals surface area contributed by atoms with E-state index in [1.54, 1.807) is 0 Å². The Morgan fingerprint density at radius 3 is 2.36 bits per heavy atom. The van der Waals surface area contributed by atoms with E-state index in [0.29, 0.717) is 6.04 Å². The highest BCUT2D eigenvalue weighted by atomic mass is 16.5. The zero-order chi connectivity index (χ0) is 10.7. The van der Waals surface area contributed by atoms with Gasteiger partial charge in [-0.25, -0.2) is 0 Å². The lowest BCUT2D eigenvalue weighted by atomic mass is 9.73. The van der Waals surface area contributed by atoms with E-state index in [1.165, 1.54) is 20.0 Å². The lowest BCUT2D eigenvalue weighted by Crippen LogP contribution is -2.49. The number of methoxy groups -OCH3 is 1. The number of ether oxygens (including phenoxy) is 1. The van der Waals surface area contributed by atoms with Gasteiger partial charge in [-0.1, -0.05) is 13.8 Å². The summed E-state index contributed by atoms with van der Waals surface area (Å²) in [6, 6.07) is 0.342. The molecule has 0 aliphatic heterocycles. The van der Waals surface area contributed by atoms with Crippen LogP contribution in [0, 0.1) is 11.8 Å². The van der Waals surface area contributed by atoms with Gasteiger partial charge in [0.2, 0.25) is 0 Å². The summed E-state index contributed by atoms with van der Waals surface area (Å²) in [5.41, 5.74) is 0. The maximum absolute atomic E-state index is 11.1. The van der Waals surface area contributed by atoms with Crippen LogP contribution in [-0.2, 0) is 9.53 Å². The molecule has 0 aromatic rings. The fourth-order valence-electron chi connectivity index (χ4n) is 1.94. The fourth-order valence-corrected chi connectivity index (χ4v) is 1.94. The highest BCUT2D eigenvalue weighted by Gasteiger charge is 2.32. The van der Waals surface area contributed by atoms with Crippen molar-refractivity contribution in [2.24, 2.45) is 11.8 Å². The van der Waals surface area contributed by atoms with E-state index >= 15 is 0 Å². The molecule has 1 rings (SSSR count). The van der Waals surface area contributed by atoms with Crippen molar-refractivity contribution >= 4 is 5.97 Å². The molecule has 1 atom stereocenters. The van der Waals surface area contributed by atoms with Gasteiger partial charge in [0.25, 0.3) is 0 Å². The van der Waals surface area contributed by atoms with E-state index in [2.05, 4.69) is 23.9 Å². The number of hydrogen-bond acceptors (Lipinski definition) is 3. The molecule has 0 spiro atoms. The van der Waals surface area contributed by atoms with Gasteiger partial charge in [-0.15, -0.1) is 0 Å². The molecule has 1 aliphatic carbocycles. The second-order valence-electron chi connectivity index (χ2n) is 4.58. The Kier molecular flexibility index (Phi) is 3.93. The Bertz CT molecular complexity index is 197. The Morgan fingerprint density at radius 1 is 1.36 bits per heavy atom. The summed E-state index contributed by atoms with van der Waals surface area (Å²) in [6.07, 6.45) is 2.39. The molecule has 1 fully saturated rings. The molecule has 0 saturated heterocycles. The summed E-state index contributed by atoms with van der Waals surface area (Å²) in [7, 11) is 1.43. The molecule has 1 saturated carbocycles. The van der Waals surface area contributed by atoms with Crippen molar-refractivity contribution in [3.8, 4) is 0 Å². The smallest absolute Gasteiger partial charge is 0.322 e. The topological polar surface area (TPSA) is 38.3 Å². The third-order valence-electron chi connectivity index (χ3n) is 3.16. The second-order valence-corrected chi connectivity index (χ2v) is 4.58. The van der Waals surface area contributed by atoms with Crippen LogP contribution in [0.3, 0.4) is 0 Å². The molecule has 82 valence electrons. The normalized spacial score (nSPS) is 28.4. The molecule has 0 aromatic carbocycles.